The summed E-state index contributed by atoms with van der Waals surface area (Å²) in [6.07, 6.45) is 0.0449. The molecule has 0 saturated carbocycles. The molecule has 28 heavy (non-hydrogen) atoms. The fourth-order valence-corrected chi connectivity index (χ4v) is 5.56. The molecule has 2 aliphatic heterocycles. The number of hydrogen-bond donors (Lipinski definition) is 2. The van der Waals surface area contributed by atoms with Crippen LogP contribution in [-0.4, -0.2) is 37.2 Å². The first-order valence-corrected chi connectivity index (χ1v) is 10.9. The summed E-state index contributed by atoms with van der Waals surface area (Å²) in [4.78, 5) is 27.6. The first-order chi connectivity index (χ1) is 13.5. The number of fused-ring (bicyclic) bond motifs is 3. The van der Waals surface area contributed by atoms with Crippen LogP contribution in [0, 0.1) is 3.57 Å². The van der Waals surface area contributed by atoms with E-state index < -0.39 is 0 Å². The van der Waals surface area contributed by atoms with Gasteiger partial charge in [-0.15, -0.1) is 11.3 Å². The summed E-state index contributed by atoms with van der Waals surface area (Å²) in [5, 5.41) is 7.35. The van der Waals surface area contributed by atoms with Crippen molar-refractivity contribution in [1.29, 1.82) is 0 Å². The molecule has 0 saturated heterocycles. The van der Waals surface area contributed by atoms with E-state index in [2.05, 4.69) is 33.2 Å². The lowest BCUT2D eigenvalue weighted by Crippen LogP contribution is -2.39. The zero-order chi connectivity index (χ0) is 19.8. The van der Waals surface area contributed by atoms with Crippen LogP contribution < -0.4 is 15.4 Å². The molecular weight excluding hydrogens is 493 g/mol. The Bertz CT molecular complexity index is 946. The average Bonchev–Trinajstić information content (AvgIpc) is 3.06. The summed E-state index contributed by atoms with van der Waals surface area (Å²) in [6.45, 7) is 3.19. The van der Waals surface area contributed by atoms with Gasteiger partial charge in [0.1, 0.15) is 16.9 Å². The Labute approximate surface area is 180 Å². The number of anilines is 1. The van der Waals surface area contributed by atoms with Crippen molar-refractivity contribution in [1.82, 2.24) is 10.2 Å². The molecule has 4 rings (SSSR count). The van der Waals surface area contributed by atoms with Crippen molar-refractivity contribution in [2.75, 3.05) is 25.6 Å². The third-order valence-electron chi connectivity index (χ3n) is 4.87. The quantitative estimate of drug-likeness (QED) is 0.612. The van der Waals surface area contributed by atoms with E-state index in [0.717, 1.165) is 30.3 Å². The average molecular weight is 513 g/mol. The first kappa shape index (κ1) is 19.3. The van der Waals surface area contributed by atoms with Crippen LogP contribution in [0.2, 0.25) is 0 Å². The van der Waals surface area contributed by atoms with Gasteiger partial charge >= 0.3 is 6.09 Å². The lowest BCUT2D eigenvalue weighted by Gasteiger charge is -2.28. The molecule has 9 heteroatoms. The van der Waals surface area contributed by atoms with Gasteiger partial charge in [-0.1, -0.05) is 6.07 Å². The smallest absolute Gasteiger partial charge is 0.410 e. The molecule has 1 aromatic carbocycles. The van der Waals surface area contributed by atoms with Crippen molar-refractivity contribution < 1.29 is 19.1 Å². The van der Waals surface area contributed by atoms with Gasteiger partial charge in [0, 0.05) is 11.4 Å². The molecule has 0 spiro atoms. The standard InChI is InChI=1S/C19H20IN3O4S/c1-3-27-19(25)23-7-6-11-14(9-23)28-18-15(11)17(24)21-16(22-18)10-4-5-13(26-2)12(20)8-10/h4-5,8,16,22H,3,6-7,9H2,1-2H3,(H,21,24)/t16-/m1/s1. The van der Waals surface area contributed by atoms with Gasteiger partial charge in [-0.2, -0.15) is 0 Å². The van der Waals surface area contributed by atoms with Gasteiger partial charge in [-0.05, 0) is 59.2 Å². The van der Waals surface area contributed by atoms with Crippen molar-refractivity contribution in [3.63, 3.8) is 0 Å². The summed E-state index contributed by atoms with van der Waals surface area (Å²) >= 11 is 3.76. The van der Waals surface area contributed by atoms with Gasteiger partial charge in [0.05, 0.1) is 29.4 Å². The topological polar surface area (TPSA) is 79.9 Å². The largest absolute Gasteiger partial charge is 0.496 e. The third kappa shape index (κ3) is 3.41. The maximum atomic E-state index is 12.9. The number of hydrogen-bond acceptors (Lipinski definition) is 6. The molecular formula is C19H20IN3O4S. The van der Waals surface area contributed by atoms with E-state index in [0.29, 0.717) is 31.7 Å². The molecule has 0 aliphatic carbocycles. The molecule has 0 bridgehead atoms. The van der Waals surface area contributed by atoms with E-state index in [1.807, 2.05) is 18.2 Å². The van der Waals surface area contributed by atoms with Crippen molar-refractivity contribution in [3.8, 4) is 5.75 Å². The molecule has 0 unspecified atom stereocenters. The summed E-state index contributed by atoms with van der Waals surface area (Å²) in [6, 6.07) is 5.84. The number of amides is 2. The Hall–Kier alpha value is -2.01. The number of carbonyl (C=O) groups is 2. The highest BCUT2D eigenvalue weighted by molar-refractivity contribution is 14.1. The number of benzene rings is 1. The zero-order valence-electron chi connectivity index (χ0n) is 15.5. The molecule has 2 aliphatic rings. The van der Waals surface area contributed by atoms with Crippen LogP contribution in [0.1, 0.15) is 39.5 Å². The van der Waals surface area contributed by atoms with E-state index >= 15 is 0 Å². The highest BCUT2D eigenvalue weighted by atomic mass is 127. The van der Waals surface area contributed by atoms with Crippen molar-refractivity contribution >= 4 is 50.9 Å². The van der Waals surface area contributed by atoms with Crippen molar-refractivity contribution in [2.24, 2.45) is 0 Å². The van der Waals surface area contributed by atoms with Gasteiger partial charge in [0.25, 0.3) is 5.91 Å². The number of ether oxygens (including phenoxy) is 2. The maximum Gasteiger partial charge on any atom is 0.410 e. The Balaban J connectivity index is 1.59. The summed E-state index contributed by atoms with van der Waals surface area (Å²) in [5.74, 6) is 0.726. The Morgan fingerprint density at radius 3 is 2.93 bits per heavy atom. The molecule has 148 valence electrons. The van der Waals surface area contributed by atoms with E-state index in [1.54, 1.807) is 30.3 Å². The second-order valence-corrected chi connectivity index (χ2v) is 8.79. The van der Waals surface area contributed by atoms with E-state index in [-0.39, 0.29) is 18.2 Å². The summed E-state index contributed by atoms with van der Waals surface area (Å²) in [5.41, 5.74) is 2.71. The highest BCUT2D eigenvalue weighted by Crippen LogP contribution is 2.41. The normalized spacial score (nSPS) is 17.9. The number of carbonyl (C=O) groups excluding carboxylic acids is 2. The highest BCUT2D eigenvalue weighted by Gasteiger charge is 2.34. The monoisotopic (exact) mass is 513 g/mol. The van der Waals surface area contributed by atoms with Crippen molar-refractivity contribution in [3.05, 3.63) is 43.3 Å². The molecule has 0 fully saturated rings. The maximum absolute atomic E-state index is 12.9. The lowest BCUT2D eigenvalue weighted by molar-refractivity contribution is 0.0934. The van der Waals surface area contributed by atoms with Crippen LogP contribution in [0.4, 0.5) is 9.80 Å². The number of methoxy groups -OCH3 is 1. The van der Waals surface area contributed by atoms with Gasteiger partial charge in [0.15, 0.2) is 0 Å². The van der Waals surface area contributed by atoms with Crippen LogP contribution in [0.15, 0.2) is 18.2 Å². The lowest BCUT2D eigenvalue weighted by atomic mass is 10.0. The van der Waals surface area contributed by atoms with E-state index in [1.165, 1.54) is 0 Å². The fourth-order valence-electron chi connectivity index (χ4n) is 3.52. The molecule has 3 heterocycles. The second kappa shape index (κ2) is 7.78. The van der Waals surface area contributed by atoms with Crippen molar-refractivity contribution in [2.45, 2.75) is 26.1 Å². The van der Waals surface area contributed by atoms with Crippen LogP contribution >= 0.6 is 33.9 Å². The number of nitrogens with zero attached hydrogens (tertiary/aromatic N) is 1. The third-order valence-corrected chi connectivity index (χ3v) is 6.86. The summed E-state index contributed by atoms with van der Waals surface area (Å²) < 4.78 is 11.4. The number of rotatable bonds is 3. The van der Waals surface area contributed by atoms with Crippen LogP contribution in [0.5, 0.6) is 5.75 Å². The van der Waals surface area contributed by atoms with Crippen LogP contribution in [0.25, 0.3) is 0 Å². The Morgan fingerprint density at radius 1 is 1.39 bits per heavy atom. The molecule has 7 nitrogen and oxygen atoms in total. The van der Waals surface area contributed by atoms with E-state index in [4.69, 9.17) is 9.47 Å². The number of nitrogens with one attached hydrogen (secondary N) is 2. The van der Waals surface area contributed by atoms with E-state index in [9.17, 15) is 9.59 Å². The Kier molecular flexibility index (Phi) is 5.37. The second-order valence-electron chi connectivity index (χ2n) is 6.52. The molecule has 1 aromatic heterocycles. The minimum Gasteiger partial charge on any atom is -0.496 e. The molecule has 2 aromatic rings. The van der Waals surface area contributed by atoms with Crippen LogP contribution in [0.3, 0.4) is 0 Å². The van der Waals surface area contributed by atoms with Crippen LogP contribution in [-0.2, 0) is 17.7 Å². The molecule has 1 atom stereocenters. The minimum atomic E-state index is -0.305. The first-order valence-electron chi connectivity index (χ1n) is 8.98. The minimum absolute atomic E-state index is 0.0772. The molecule has 0 radical (unpaired) electrons. The van der Waals surface area contributed by atoms with Gasteiger partial charge in [0.2, 0.25) is 0 Å². The summed E-state index contributed by atoms with van der Waals surface area (Å²) in [7, 11) is 1.64. The fraction of sp³-hybridized carbons (Fsp3) is 0.368. The molecule has 2 N–H and O–H groups in total. The van der Waals surface area contributed by atoms with Gasteiger partial charge < -0.3 is 25.0 Å². The Morgan fingerprint density at radius 2 is 2.21 bits per heavy atom. The predicted octanol–water partition coefficient (Wildman–Crippen LogP) is 3.73. The van der Waals surface area contributed by atoms with Gasteiger partial charge in [-0.25, -0.2) is 4.79 Å². The molecule has 2 amide bonds. The SMILES string of the molecule is CCOC(=O)N1CCc2c(sc3c2C(=O)N[C@@H](c2ccc(OC)c(I)c2)N3)C1. The predicted molar refractivity (Wildman–Crippen MR) is 115 cm³/mol. The number of halogens is 1. The number of thiophene rings is 1. The zero-order valence-corrected chi connectivity index (χ0v) is 18.5. The van der Waals surface area contributed by atoms with Gasteiger partial charge in [-0.3, -0.25) is 4.79 Å².